The number of hydrogen-bond donors (Lipinski definition) is 2. The predicted molar refractivity (Wildman–Crippen MR) is 60.0 cm³/mol. The number of benzene rings is 1. The van der Waals surface area contributed by atoms with E-state index in [0.29, 0.717) is 6.61 Å². The van der Waals surface area contributed by atoms with E-state index >= 15 is 0 Å². The molecule has 0 saturated heterocycles. The van der Waals surface area contributed by atoms with Gasteiger partial charge in [0, 0.05) is 0 Å². The average molecular weight is 276 g/mol. The molecule has 16 heavy (non-hydrogen) atoms. The average Bonchev–Trinajstić information content (AvgIpc) is 2.14. The molecule has 0 unspecified atom stereocenters. The third-order valence-electron chi connectivity index (χ3n) is 1.02. The maximum absolute atomic E-state index is 8.74. The van der Waals surface area contributed by atoms with Crippen molar-refractivity contribution in [2.45, 2.75) is 6.92 Å². The first-order valence-electron chi connectivity index (χ1n) is 3.98. The number of para-hydroxylation sites is 1. The van der Waals surface area contributed by atoms with E-state index in [2.05, 4.69) is 0 Å². The standard InChI is InChI=1S/C8H10O2.K.H2O4S.H/c1-2-9-10-8-6-4-3-5-7-8;;1-5(2,3)4;/h3-7H,2H2,1H3;;(H2,1,2,3,4);. The summed E-state index contributed by atoms with van der Waals surface area (Å²) in [7, 11) is -4.67. The Labute approximate surface area is 137 Å². The third kappa shape index (κ3) is 16.9. The van der Waals surface area contributed by atoms with Gasteiger partial charge in [0.15, 0.2) is 5.75 Å². The summed E-state index contributed by atoms with van der Waals surface area (Å²) in [5.41, 5.74) is 0. The van der Waals surface area contributed by atoms with E-state index in [1.807, 2.05) is 37.3 Å². The summed E-state index contributed by atoms with van der Waals surface area (Å²) in [6.07, 6.45) is 0. The topological polar surface area (TPSA) is 93.1 Å². The van der Waals surface area contributed by atoms with Crippen molar-refractivity contribution in [3.8, 4) is 5.75 Å². The molecule has 0 saturated carbocycles. The molecule has 0 spiro atoms. The Morgan fingerprint density at radius 3 is 2.00 bits per heavy atom. The maximum atomic E-state index is 8.74. The summed E-state index contributed by atoms with van der Waals surface area (Å²) in [5.74, 6) is 0.740. The second kappa shape index (κ2) is 10.6. The van der Waals surface area contributed by atoms with Crippen LogP contribution in [0.3, 0.4) is 0 Å². The Morgan fingerprint density at radius 2 is 1.62 bits per heavy atom. The Morgan fingerprint density at radius 1 is 1.19 bits per heavy atom. The zero-order valence-electron chi connectivity index (χ0n) is 8.03. The van der Waals surface area contributed by atoms with Crippen LogP contribution in [0.2, 0.25) is 0 Å². The minimum atomic E-state index is -4.67. The van der Waals surface area contributed by atoms with E-state index in [0.717, 1.165) is 5.75 Å². The molecule has 0 aromatic heterocycles. The van der Waals surface area contributed by atoms with Crippen molar-refractivity contribution in [2.75, 3.05) is 6.61 Å². The molecule has 1 aromatic carbocycles. The zero-order chi connectivity index (χ0) is 11.7. The van der Waals surface area contributed by atoms with Gasteiger partial charge in [0.1, 0.15) is 0 Å². The molecule has 0 atom stereocenters. The van der Waals surface area contributed by atoms with Gasteiger partial charge < -0.3 is 4.89 Å². The van der Waals surface area contributed by atoms with Gasteiger partial charge in [-0.15, -0.1) is 0 Å². The van der Waals surface area contributed by atoms with E-state index in [9.17, 15) is 0 Å². The van der Waals surface area contributed by atoms with Gasteiger partial charge >= 0.3 is 61.8 Å². The molecule has 0 aliphatic carbocycles. The van der Waals surface area contributed by atoms with Crippen LogP contribution in [-0.2, 0) is 15.3 Å². The summed E-state index contributed by atoms with van der Waals surface area (Å²) in [6.45, 7) is 2.44. The van der Waals surface area contributed by atoms with Gasteiger partial charge in [-0.1, -0.05) is 18.2 Å². The van der Waals surface area contributed by atoms with E-state index in [-0.39, 0.29) is 51.4 Å². The second-order valence-corrected chi connectivity index (χ2v) is 3.15. The summed E-state index contributed by atoms with van der Waals surface area (Å²) in [5, 5.41) is 0. The van der Waals surface area contributed by atoms with Crippen LogP contribution in [0.4, 0.5) is 0 Å². The molecular formula is C8H13KO6S. The molecule has 0 radical (unpaired) electrons. The first-order chi connectivity index (χ1) is 6.93. The molecule has 0 aliphatic rings. The van der Waals surface area contributed by atoms with Crippen molar-refractivity contribution in [1.29, 1.82) is 0 Å². The molecule has 0 amide bonds. The second-order valence-electron chi connectivity index (χ2n) is 2.25. The zero-order valence-corrected chi connectivity index (χ0v) is 8.85. The monoisotopic (exact) mass is 276 g/mol. The van der Waals surface area contributed by atoms with Crippen molar-refractivity contribution < 1.29 is 27.3 Å². The van der Waals surface area contributed by atoms with Crippen LogP contribution in [0.15, 0.2) is 30.3 Å². The van der Waals surface area contributed by atoms with Gasteiger partial charge in [0.05, 0.1) is 6.61 Å². The first-order valence-corrected chi connectivity index (χ1v) is 5.37. The van der Waals surface area contributed by atoms with Gasteiger partial charge in [0.2, 0.25) is 0 Å². The Hall–Kier alpha value is 0.486. The molecular weight excluding hydrogens is 263 g/mol. The quantitative estimate of drug-likeness (QED) is 0.365. The van der Waals surface area contributed by atoms with E-state index in [4.69, 9.17) is 27.3 Å². The molecule has 8 heteroatoms. The van der Waals surface area contributed by atoms with Gasteiger partial charge in [-0.05, 0) is 19.1 Å². The van der Waals surface area contributed by atoms with E-state index in [1.54, 1.807) is 0 Å². The van der Waals surface area contributed by atoms with Crippen molar-refractivity contribution >= 4 is 61.8 Å². The molecule has 0 aliphatic heterocycles. The van der Waals surface area contributed by atoms with Crippen LogP contribution in [-0.4, -0.2) is 75.5 Å². The Bertz CT molecular complexity index is 344. The van der Waals surface area contributed by atoms with E-state index < -0.39 is 10.4 Å². The normalized spacial score (nSPS) is 9.44. The Balaban J connectivity index is 0. The van der Waals surface area contributed by atoms with Gasteiger partial charge in [-0.25, -0.2) is 0 Å². The fraction of sp³-hybridized carbons (Fsp3) is 0.250. The molecule has 1 rings (SSSR count). The molecule has 2 N–H and O–H groups in total. The van der Waals surface area contributed by atoms with Gasteiger partial charge in [-0.3, -0.25) is 9.11 Å². The molecule has 0 heterocycles. The van der Waals surface area contributed by atoms with Crippen LogP contribution < -0.4 is 4.89 Å². The molecule has 6 nitrogen and oxygen atoms in total. The first kappa shape index (κ1) is 18.8. The summed E-state index contributed by atoms with van der Waals surface area (Å²) < 4.78 is 31.6. The van der Waals surface area contributed by atoms with Crippen molar-refractivity contribution in [1.82, 2.24) is 0 Å². The minimum absolute atomic E-state index is 0. The SMILES string of the molecule is CCOOc1ccccc1.O=S(=O)(O)O.[KH]. The van der Waals surface area contributed by atoms with Crippen LogP contribution in [0.25, 0.3) is 0 Å². The molecule has 0 fully saturated rings. The molecule has 1 aromatic rings. The van der Waals surface area contributed by atoms with Crippen molar-refractivity contribution in [2.24, 2.45) is 0 Å². The van der Waals surface area contributed by atoms with Crippen LogP contribution in [0.5, 0.6) is 5.75 Å². The third-order valence-corrected chi connectivity index (χ3v) is 1.02. The fourth-order valence-corrected chi connectivity index (χ4v) is 0.603. The van der Waals surface area contributed by atoms with E-state index in [1.165, 1.54) is 0 Å². The summed E-state index contributed by atoms with van der Waals surface area (Å²) >= 11 is 0. The van der Waals surface area contributed by atoms with Crippen LogP contribution in [0, 0.1) is 0 Å². The van der Waals surface area contributed by atoms with Crippen molar-refractivity contribution in [3.05, 3.63) is 30.3 Å². The molecule has 0 bridgehead atoms. The fourth-order valence-electron chi connectivity index (χ4n) is 0.603. The number of hydrogen-bond acceptors (Lipinski definition) is 4. The van der Waals surface area contributed by atoms with Gasteiger partial charge in [-0.2, -0.15) is 13.3 Å². The van der Waals surface area contributed by atoms with Crippen molar-refractivity contribution in [3.63, 3.8) is 0 Å². The molecule has 88 valence electrons. The summed E-state index contributed by atoms with van der Waals surface area (Å²) in [6, 6.07) is 9.41. The Kier molecular flexibility index (Phi) is 12.5. The van der Waals surface area contributed by atoms with Crippen LogP contribution >= 0.6 is 0 Å². The predicted octanol–water partition coefficient (Wildman–Crippen LogP) is 0.716. The summed E-state index contributed by atoms with van der Waals surface area (Å²) in [4.78, 5) is 9.57. The van der Waals surface area contributed by atoms with Gasteiger partial charge in [0.25, 0.3) is 0 Å². The number of rotatable bonds is 3. The van der Waals surface area contributed by atoms with Crippen LogP contribution in [0.1, 0.15) is 6.92 Å².